The molecule has 0 heterocycles. The molecular formula is C24H41N. The van der Waals surface area contributed by atoms with Crippen molar-refractivity contribution in [3.63, 3.8) is 0 Å². The number of benzene rings is 1. The zero-order chi connectivity index (χ0) is 18.0. The average Bonchev–Trinajstić information content (AvgIpc) is 2.63. The first kappa shape index (κ1) is 21.8. The molecule has 0 aliphatic rings. The molecule has 1 aromatic carbocycles. The van der Waals surface area contributed by atoms with E-state index in [1.54, 1.807) is 0 Å². The molecule has 1 rings (SSSR count). The molecule has 0 saturated carbocycles. The Morgan fingerprint density at radius 1 is 0.680 bits per heavy atom. The number of para-hydroxylation sites is 1. The highest BCUT2D eigenvalue weighted by Gasteiger charge is 1.97. The van der Waals surface area contributed by atoms with Crippen LogP contribution in [0.2, 0.25) is 0 Å². The van der Waals surface area contributed by atoms with Gasteiger partial charge in [-0.15, -0.1) is 0 Å². The number of nitrogen functional groups attached to an aromatic ring is 1. The van der Waals surface area contributed by atoms with Gasteiger partial charge in [-0.3, -0.25) is 0 Å². The molecule has 0 aliphatic heterocycles. The van der Waals surface area contributed by atoms with Crippen molar-refractivity contribution in [3.05, 3.63) is 42.0 Å². The summed E-state index contributed by atoms with van der Waals surface area (Å²) in [4.78, 5) is 0. The second-order valence-electron chi connectivity index (χ2n) is 7.39. The van der Waals surface area contributed by atoms with E-state index in [0.717, 1.165) is 12.1 Å². The van der Waals surface area contributed by atoms with Gasteiger partial charge in [-0.05, 0) is 50.2 Å². The lowest BCUT2D eigenvalue weighted by atomic mass is 10.0. The minimum absolute atomic E-state index is 0.954. The van der Waals surface area contributed by atoms with Crippen molar-refractivity contribution < 1.29 is 0 Å². The molecule has 0 radical (unpaired) electrons. The van der Waals surface area contributed by atoms with E-state index < -0.39 is 0 Å². The van der Waals surface area contributed by atoms with E-state index in [0.29, 0.717) is 0 Å². The quantitative estimate of drug-likeness (QED) is 0.184. The van der Waals surface area contributed by atoms with Gasteiger partial charge in [0.2, 0.25) is 0 Å². The molecule has 1 nitrogen and oxygen atoms in total. The number of hydrogen-bond donors (Lipinski definition) is 1. The van der Waals surface area contributed by atoms with Gasteiger partial charge in [0.15, 0.2) is 0 Å². The maximum atomic E-state index is 5.98. The van der Waals surface area contributed by atoms with Crippen LogP contribution < -0.4 is 5.73 Å². The molecule has 0 atom stereocenters. The van der Waals surface area contributed by atoms with Crippen molar-refractivity contribution in [2.24, 2.45) is 0 Å². The molecular weight excluding hydrogens is 302 g/mol. The van der Waals surface area contributed by atoms with Crippen molar-refractivity contribution >= 4 is 5.69 Å². The van der Waals surface area contributed by atoms with Crippen molar-refractivity contribution in [2.75, 3.05) is 5.73 Å². The second kappa shape index (κ2) is 16.2. The van der Waals surface area contributed by atoms with Gasteiger partial charge < -0.3 is 5.73 Å². The number of anilines is 1. The summed E-state index contributed by atoms with van der Waals surface area (Å²) < 4.78 is 0. The van der Waals surface area contributed by atoms with Crippen LogP contribution in [0.1, 0.15) is 102 Å². The van der Waals surface area contributed by atoms with Gasteiger partial charge in [0.1, 0.15) is 0 Å². The zero-order valence-electron chi connectivity index (χ0n) is 16.6. The Kier molecular flexibility index (Phi) is 14.2. The molecule has 25 heavy (non-hydrogen) atoms. The maximum absolute atomic E-state index is 5.98. The molecule has 0 spiro atoms. The molecule has 0 aliphatic carbocycles. The van der Waals surface area contributed by atoms with E-state index >= 15 is 0 Å². The highest BCUT2D eigenvalue weighted by atomic mass is 14.6. The Morgan fingerprint density at radius 2 is 1.20 bits per heavy atom. The van der Waals surface area contributed by atoms with Crippen LogP contribution in [-0.2, 0) is 6.42 Å². The predicted molar refractivity (Wildman–Crippen MR) is 114 cm³/mol. The summed E-state index contributed by atoms with van der Waals surface area (Å²) >= 11 is 0. The second-order valence-corrected chi connectivity index (χ2v) is 7.39. The lowest BCUT2D eigenvalue weighted by Crippen LogP contribution is -1.93. The molecule has 0 amide bonds. The number of aryl methyl sites for hydroxylation is 1. The first-order chi connectivity index (χ1) is 12.3. The molecule has 0 bridgehead atoms. The van der Waals surface area contributed by atoms with Gasteiger partial charge in [-0.1, -0.05) is 95.1 Å². The summed E-state index contributed by atoms with van der Waals surface area (Å²) in [6.45, 7) is 2.28. The molecule has 0 saturated heterocycles. The average molecular weight is 344 g/mol. The lowest BCUT2D eigenvalue weighted by Gasteiger charge is -2.05. The third-order valence-electron chi connectivity index (χ3n) is 5.01. The van der Waals surface area contributed by atoms with Crippen LogP contribution in [0.15, 0.2) is 36.4 Å². The van der Waals surface area contributed by atoms with Crippen LogP contribution in [0.5, 0.6) is 0 Å². The topological polar surface area (TPSA) is 26.0 Å². The summed E-state index contributed by atoms with van der Waals surface area (Å²) in [5.41, 5.74) is 8.25. The number of unbranched alkanes of at least 4 members (excludes halogenated alkanes) is 12. The number of rotatable bonds is 16. The normalized spacial score (nSPS) is 11.4. The van der Waals surface area contributed by atoms with Crippen LogP contribution >= 0.6 is 0 Å². The number of hydrogen-bond acceptors (Lipinski definition) is 1. The van der Waals surface area contributed by atoms with Crippen molar-refractivity contribution in [2.45, 2.75) is 103 Å². The molecule has 0 unspecified atom stereocenters. The number of allylic oxidation sites excluding steroid dienone is 2. The molecule has 142 valence electrons. The van der Waals surface area contributed by atoms with E-state index in [2.05, 4.69) is 31.2 Å². The van der Waals surface area contributed by atoms with Crippen molar-refractivity contribution in [1.82, 2.24) is 0 Å². The lowest BCUT2D eigenvalue weighted by molar-refractivity contribution is 0.596. The molecule has 0 aromatic heterocycles. The Hall–Kier alpha value is -1.24. The molecule has 0 fully saturated rings. The highest BCUT2D eigenvalue weighted by molar-refractivity contribution is 5.46. The Morgan fingerprint density at radius 3 is 1.80 bits per heavy atom. The van der Waals surface area contributed by atoms with Crippen LogP contribution in [0.3, 0.4) is 0 Å². The number of nitrogens with two attached hydrogens (primary N) is 1. The van der Waals surface area contributed by atoms with Gasteiger partial charge in [0.25, 0.3) is 0 Å². The Bertz CT molecular complexity index is 435. The molecule has 1 aromatic rings. The van der Waals surface area contributed by atoms with E-state index in [-0.39, 0.29) is 0 Å². The summed E-state index contributed by atoms with van der Waals surface area (Å²) in [7, 11) is 0. The third kappa shape index (κ3) is 12.7. The Labute approximate surface area is 157 Å². The van der Waals surface area contributed by atoms with E-state index in [4.69, 9.17) is 5.73 Å². The first-order valence-electron chi connectivity index (χ1n) is 10.8. The minimum atomic E-state index is 0.954. The van der Waals surface area contributed by atoms with Crippen molar-refractivity contribution in [1.29, 1.82) is 0 Å². The summed E-state index contributed by atoms with van der Waals surface area (Å²) in [6, 6.07) is 8.27. The van der Waals surface area contributed by atoms with Crippen LogP contribution in [-0.4, -0.2) is 0 Å². The van der Waals surface area contributed by atoms with Gasteiger partial charge in [-0.25, -0.2) is 0 Å². The monoisotopic (exact) mass is 343 g/mol. The fraction of sp³-hybridized carbons (Fsp3) is 0.667. The third-order valence-corrected chi connectivity index (χ3v) is 5.01. The predicted octanol–water partition coefficient (Wildman–Crippen LogP) is 7.85. The van der Waals surface area contributed by atoms with Crippen molar-refractivity contribution in [3.8, 4) is 0 Å². The van der Waals surface area contributed by atoms with Gasteiger partial charge in [0.05, 0.1) is 0 Å². The van der Waals surface area contributed by atoms with Crippen LogP contribution in [0.25, 0.3) is 0 Å². The highest BCUT2D eigenvalue weighted by Crippen LogP contribution is 2.15. The first-order valence-corrected chi connectivity index (χ1v) is 10.8. The summed E-state index contributed by atoms with van der Waals surface area (Å²) in [5, 5.41) is 0. The Balaban J connectivity index is 1.81. The summed E-state index contributed by atoms with van der Waals surface area (Å²) in [6.07, 6.45) is 25.0. The largest absolute Gasteiger partial charge is 0.399 e. The zero-order valence-corrected chi connectivity index (χ0v) is 16.6. The van der Waals surface area contributed by atoms with Crippen LogP contribution in [0.4, 0.5) is 5.69 Å². The fourth-order valence-electron chi connectivity index (χ4n) is 3.32. The smallest absolute Gasteiger partial charge is 0.0346 e. The van der Waals surface area contributed by atoms with Gasteiger partial charge in [-0.2, -0.15) is 0 Å². The fourth-order valence-corrected chi connectivity index (χ4v) is 3.32. The van der Waals surface area contributed by atoms with E-state index in [9.17, 15) is 0 Å². The summed E-state index contributed by atoms with van der Waals surface area (Å²) in [5.74, 6) is 0. The minimum Gasteiger partial charge on any atom is -0.399 e. The standard InChI is InChI=1S/C24H41N/c1-2-3-4-5-6-7-8-9-10-11-12-13-14-15-16-17-20-23-21-18-19-22-24(23)25/h9-10,18-19,21-22H,2-8,11-17,20,25H2,1H3. The van der Waals surface area contributed by atoms with E-state index in [1.807, 2.05) is 12.1 Å². The van der Waals surface area contributed by atoms with Gasteiger partial charge >= 0.3 is 0 Å². The maximum Gasteiger partial charge on any atom is 0.0346 e. The van der Waals surface area contributed by atoms with Crippen LogP contribution in [0, 0.1) is 0 Å². The van der Waals surface area contributed by atoms with Gasteiger partial charge in [0, 0.05) is 5.69 Å². The molecule has 1 heteroatoms. The van der Waals surface area contributed by atoms with E-state index in [1.165, 1.54) is 95.5 Å². The SMILES string of the molecule is CCCCCCCCC=CCCCCCCCCc1ccccc1N. The molecule has 2 N–H and O–H groups in total.